The standard InChI is InChI=1S/C39H46N2OS/c1-28(2)35-19-13-20-36(29(3)4)38(35)40-39(42)41(34-24-22-32(23-25-34)31-16-9-6-10-17-31)26-33-18-11-12-21-37(33)43-27-30-14-7-5-8-15-30/h5-21,28-29,32,34H,22-27H2,1-4H3,(H,40,42)/t32-,34-. The van der Waals surface area contributed by atoms with E-state index < -0.39 is 0 Å². The van der Waals surface area contributed by atoms with Crippen LogP contribution in [-0.2, 0) is 12.3 Å². The third-order valence-electron chi connectivity index (χ3n) is 8.82. The van der Waals surface area contributed by atoms with E-state index in [4.69, 9.17) is 0 Å². The van der Waals surface area contributed by atoms with E-state index in [-0.39, 0.29) is 12.1 Å². The van der Waals surface area contributed by atoms with E-state index in [1.165, 1.54) is 32.7 Å². The first-order valence-corrected chi connectivity index (χ1v) is 16.9. The monoisotopic (exact) mass is 590 g/mol. The minimum Gasteiger partial charge on any atom is -0.317 e. The normalized spacial score (nSPS) is 16.8. The molecule has 43 heavy (non-hydrogen) atoms. The highest BCUT2D eigenvalue weighted by Gasteiger charge is 2.31. The molecule has 1 aliphatic rings. The van der Waals surface area contributed by atoms with Gasteiger partial charge in [-0.15, -0.1) is 11.8 Å². The number of nitrogens with one attached hydrogen (secondary N) is 1. The van der Waals surface area contributed by atoms with Crippen molar-refractivity contribution in [1.29, 1.82) is 0 Å². The van der Waals surface area contributed by atoms with Crippen molar-refractivity contribution in [1.82, 2.24) is 4.90 Å². The summed E-state index contributed by atoms with van der Waals surface area (Å²) in [6.07, 6.45) is 4.22. The van der Waals surface area contributed by atoms with Gasteiger partial charge >= 0.3 is 6.03 Å². The number of hydrogen-bond acceptors (Lipinski definition) is 2. The van der Waals surface area contributed by atoms with Crippen molar-refractivity contribution in [2.24, 2.45) is 0 Å². The fourth-order valence-electron chi connectivity index (χ4n) is 6.38. The van der Waals surface area contributed by atoms with Crippen LogP contribution in [0.1, 0.15) is 98.9 Å². The Hall–Kier alpha value is -3.50. The number of amides is 2. The van der Waals surface area contributed by atoms with Gasteiger partial charge in [-0.25, -0.2) is 4.79 Å². The molecule has 4 heteroatoms. The Kier molecular flexibility index (Phi) is 10.6. The number of urea groups is 1. The highest BCUT2D eigenvalue weighted by atomic mass is 32.2. The van der Waals surface area contributed by atoms with E-state index in [9.17, 15) is 4.79 Å². The van der Waals surface area contributed by atoms with Gasteiger partial charge in [0.1, 0.15) is 0 Å². The quantitative estimate of drug-likeness (QED) is 0.186. The van der Waals surface area contributed by atoms with Crippen LogP contribution in [0.3, 0.4) is 0 Å². The minimum absolute atomic E-state index is 0.0148. The van der Waals surface area contributed by atoms with Crippen LogP contribution in [0, 0.1) is 0 Å². The van der Waals surface area contributed by atoms with Gasteiger partial charge in [0, 0.05) is 28.9 Å². The van der Waals surface area contributed by atoms with Gasteiger partial charge in [-0.1, -0.05) is 125 Å². The SMILES string of the molecule is CC(C)c1cccc(C(C)C)c1NC(=O)N(Cc1ccccc1SCc1ccccc1)[C@H]1CC[C@H](c2ccccc2)CC1. The summed E-state index contributed by atoms with van der Waals surface area (Å²) in [6.45, 7) is 9.43. The van der Waals surface area contributed by atoms with Crippen LogP contribution >= 0.6 is 11.8 Å². The lowest BCUT2D eigenvalue weighted by atomic mass is 9.81. The summed E-state index contributed by atoms with van der Waals surface area (Å²) in [7, 11) is 0. The summed E-state index contributed by atoms with van der Waals surface area (Å²) in [5, 5.41) is 3.46. The number of anilines is 1. The van der Waals surface area contributed by atoms with Crippen LogP contribution in [0.25, 0.3) is 0 Å². The van der Waals surface area contributed by atoms with Crippen LogP contribution in [0.5, 0.6) is 0 Å². The first kappa shape index (κ1) is 30.9. The molecule has 3 nitrogen and oxygen atoms in total. The fraction of sp³-hybridized carbons (Fsp3) is 0.359. The van der Waals surface area contributed by atoms with Gasteiger partial charge < -0.3 is 10.2 Å². The van der Waals surface area contributed by atoms with Crippen molar-refractivity contribution >= 4 is 23.5 Å². The molecule has 2 amide bonds. The predicted molar refractivity (Wildman–Crippen MR) is 183 cm³/mol. The number of para-hydroxylation sites is 1. The molecule has 0 aromatic heterocycles. The second-order valence-electron chi connectivity index (χ2n) is 12.5. The Morgan fingerprint density at radius 3 is 1.95 bits per heavy atom. The number of carbonyl (C=O) groups excluding carboxylic acids is 1. The van der Waals surface area contributed by atoms with Crippen LogP contribution in [-0.4, -0.2) is 17.0 Å². The molecule has 0 radical (unpaired) electrons. The molecular formula is C39H46N2OS. The molecule has 0 aliphatic heterocycles. The Morgan fingerprint density at radius 2 is 1.33 bits per heavy atom. The Balaban J connectivity index is 1.41. The molecular weight excluding hydrogens is 545 g/mol. The van der Waals surface area contributed by atoms with Crippen molar-refractivity contribution in [2.75, 3.05) is 5.32 Å². The maximum Gasteiger partial charge on any atom is 0.322 e. The molecule has 4 aromatic carbocycles. The highest BCUT2D eigenvalue weighted by molar-refractivity contribution is 7.98. The summed E-state index contributed by atoms with van der Waals surface area (Å²) in [4.78, 5) is 17.8. The highest BCUT2D eigenvalue weighted by Crippen LogP contribution is 2.38. The third kappa shape index (κ3) is 7.92. The molecule has 1 fully saturated rings. The molecule has 0 spiro atoms. The van der Waals surface area contributed by atoms with E-state index in [2.05, 4.69) is 141 Å². The molecule has 0 unspecified atom stereocenters. The molecule has 0 atom stereocenters. The van der Waals surface area contributed by atoms with Crippen molar-refractivity contribution in [3.63, 3.8) is 0 Å². The van der Waals surface area contributed by atoms with Gasteiger partial charge in [0.25, 0.3) is 0 Å². The Morgan fingerprint density at radius 1 is 0.744 bits per heavy atom. The maximum absolute atomic E-state index is 14.4. The third-order valence-corrected chi connectivity index (χ3v) is 10.0. The molecule has 1 saturated carbocycles. The number of thioether (sulfide) groups is 1. The van der Waals surface area contributed by atoms with E-state index in [0.717, 1.165) is 37.1 Å². The number of nitrogens with zero attached hydrogens (tertiary/aromatic N) is 1. The second-order valence-corrected chi connectivity index (χ2v) is 13.5. The van der Waals surface area contributed by atoms with E-state index in [1.54, 1.807) is 0 Å². The molecule has 1 N–H and O–H groups in total. The first-order chi connectivity index (χ1) is 20.9. The zero-order valence-electron chi connectivity index (χ0n) is 26.1. The molecule has 1 aliphatic carbocycles. The minimum atomic E-state index is 0.0148. The van der Waals surface area contributed by atoms with E-state index in [1.807, 2.05) is 11.8 Å². The van der Waals surface area contributed by atoms with Gasteiger partial charge in [-0.2, -0.15) is 0 Å². The smallest absolute Gasteiger partial charge is 0.317 e. The largest absolute Gasteiger partial charge is 0.322 e. The summed E-state index contributed by atoms with van der Waals surface area (Å²) in [6, 6.07) is 36.8. The van der Waals surface area contributed by atoms with Crippen molar-refractivity contribution in [2.45, 2.75) is 94.4 Å². The van der Waals surface area contributed by atoms with Gasteiger partial charge in [0.2, 0.25) is 0 Å². The average Bonchev–Trinajstić information content (AvgIpc) is 3.04. The van der Waals surface area contributed by atoms with Crippen molar-refractivity contribution in [3.8, 4) is 0 Å². The summed E-state index contributed by atoms with van der Waals surface area (Å²) < 4.78 is 0. The summed E-state index contributed by atoms with van der Waals surface area (Å²) >= 11 is 1.86. The molecule has 0 heterocycles. The number of hydrogen-bond donors (Lipinski definition) is 1. The predicted octanol–water partition coefficient (Wildman–Crippen LogP) is 11.0. The van der Waals surface area contributed by atoms with Crippen molar-refractivity contribution in [3.05, 3.63) is 131 Å². The summed E-state index contributed by atoms with van der Waals surface area (Å²) in [5.41, 5.74) is 7.34. The molecule has 5 rings (SSSR count). The van der Waals surface area contributed by atoms with Gasteiger partial charge in [0.05, 0.1) is 0 Å². The maximum atomic E-state index is 14.4. The zero-order valence-corrected chi connectivity index (χ0v) is 26.9. The topological polar surface area (TPSA) is 32.3 Å². The van der Waals surface area contributed by atoms with E-state index >= 15 is 0 Å². The number of carbonyl (C=O) groups is 1. The van der Waals surface area contributed by atoms with Crippen LogP contribution in [0.15, 0.2) is 108 Å². The Bertz CT molecular complexity index is 1430. The van der Waals surface area contributed by atoms with Crippen molar-refractivity contribution < 1.29 is 4.79 Å². The summed E-state index contributed by atoms with van der Waals surface area (Å²) in [5.74, 6) is 2.11. The van der Waals surface area contributed by atoms with Crippen LogP contribution in [0.2, 0.25) is 0 Å². The number of benzene rings is 4. The molecule has 224 valence electrons. The van der Waals surface area contributed by atoms with Gasteiger partial charge in [-0.3, -0.25) is 0 Å². The number of rotatable bonds is 10. The average molecular weight is 591 g/mol. The Labute approximate surface area is 263 Å². The fourth-order valence-corrected chi connectivity index (χ4v) is 7.39. The lowest BCUT2D eigenvalue weighted by molar-refractivity contribution is 0.157. The zero-order chi connectivity index (χ0) is 30.2. The van der Waals surface area contributed by atoms with Gasteiger partial charge in [0.15, 0.2) is 0 Å². The first-order valence-electron chi connectivity index (χ1n) is 15.9. The van der Waals surface area contributed by atoms with Crippen LogP contribution in [0.4, 0.5) is 10.5 Å². The second kappa shape index (κ2) is 14.8. The molecule has 0 saturated heterocycles. The lowest BCUT2D eigenvalue weighted by Gasteiger charge is -2.38. The van der Waals surface area contributed by atoms with Gasteiger partial charge in [-0.05, 0) is 77.3 Å². The molecule has 0 bridgehead atoms. The van der Waals surface area contributed by atoms with E-state index in [0.29, 0.717) is 24.3 Å². The lowest BCUT2D eigenvalue weighted by Crippen LogP contribution is -2.44. The van der Waals surface area contributed by atoms with Crippen LogP contribution < -0.4 is 5.32 Å². The molecule has 4 aromatic rings.